The molecule has 0 unspecified atom stereocenters. The van der Waals surface area contributed by atoms with E-state index in [9.17, 15) is 9.59 Å². The lowest BCUT2D eigenvalue weighted by Gasteiger charge is -2.31. The Bertz CT molecular complexity index is 740. The van der Waals surface area contributed by atoms with Gasteiger partial charge < -0.3 is 15.4 Å². The van der Waals surface area contributed by atoms with Gasteiger partial charge in [0.25, 0.3) is 5.91 Å². The molecule has 6 nitrogen and oxygen atoms in total. The highest BCUT2D eigenvalue weighted by molar-refractivity contribution is 7.12. The summed E-state index contributed by atoms with van der Waals surface area (Å²) in [6, 6.07) is 11.6. The van der Waals surface area contributed by atoms with E-state index >= 15 is 0 Å². The summed E-state index contributed by atoms with van der Waals surface area (Å²) in [7, 11) is 0. The van der Waals surface area contributed by atoms with Gasteiger partial charge in [0.1, 0.15) is 0 Å². The highest BCUT2D eigenvalue weighted by atomic mass is 32.1. The average Bonchev–Trinajstić information content (AvgIpc) is 3.22. The molecule has 1 aliphatic heterocycles. The molecule has 7 heteroatoms. The van der Waals surface area contributed by atoms with Gasteiger partial charge in [-0.25, -0.2) is 0 Å². The maximum absolute atomic E-state index is 12.4. The van der Waals surface area contributed by atoms with Gasteiger partial charge in [0.05, 0.1) is 30.7 Å². The zero-order valence-electron chi connectivity index (χ0n) is 15.4. The number of amides is 2. The third-order valence-corrected chi connectivity index (χ3v) is 5.38. The number of rotatable bonds is 7. The summed E-state index contributed by atoms with van der Waals surface area (Å²) in [5.41, 5.74) is 2.24. The number of hydrogen-bond donors (Lipinski definition) is 2. The molecule has 0 saturated carbocycles. The minimum absolute atomic E-state index is 0.0395. The number of benzene rings is 1. The summed E-state index contributed by atoms with van der Waals surface area (Å²) >= 11 is 1.36. The van der Waals surface area contributed by atoms with E-state index in [0.717, 1.165) is 25.2 Å². The average molecular weight is 388 g/mol. The molecule has 2 heterocycles. The van der Waals surface area contributed by atoms with E-state index in [0.29, 0.717) is 18.1 Å². The topological polar surface area (TPSA) is 70.7 Å². The van der Waals surface area contributed by atoms with E-state index in [-0.39, 0.29) is 24.4 Å². The molecule has 144 valence electrons. The van der Waals surface area contributed by atoms with Crippen LogP contribution >= 0.6 is 11.3 Å². The largest absolute Gasteiger partial charge is 0.379 e. The summed E-state index contributed by atoms with van der Waals surface area (Å²) in [6.07, 6.45) is 0. The van der Waals surface area contributed by atoms with Gasteiger partial charge in [-0.2, -0.15) is 0 Å². The predicted molar refractivity (Wildman–Crippen MR) is 106 cm³/mol. The number of aryl methyl sites for hydroxylation is 1. The van der Waals surface area contributed by atoms with Crippen LogP contribution in [0.4, 0.5) is 0 Å². The Morgan fingerprint density at radius 1 is 1.19 bits per heavy atom. The van der Waals surface area contributed by atoms with E-state index in [2.05, 4.69) is 15.5 Å². The van der Waals surface area contributed by atoms with Crippen LogP contribution < -0.4 is 10.6 Å². The molecule has 27 heavy (non-hydrogen) atoms. The third kappa shape index (κ3) is 5.89. The fourth-order valence-corrected chi connectivity index (χ4v) is 3.62. The maximum Gasteiger partial charge on any atom is 0.261 e. The molecule has 2 aromatic rings. The second kappa shape index (κ2) is 9.64. The smallest absolute Gasteiger partial charge is 0.261 e. The normalized spacial score (nSPS) is 15.9. The third-order valence-electron chi connectivity index (χ3n) is 4.51. The van der Waals surface area contributed by atoms with Gasteiger partial charge in [-0.1, -0.05) is 35.9 Å². The summed E-state index contributed by atoms with van der Waals surface area (Å²) in [5.74, 6) is -0.418. The Labute approximate surface area is 163 Å². The Morgan fingerprint density at radius 3 is 2.59 bits per heavy atom. The number of carbonyl (C=O) groups excluding carboxylic acids is 2. The van der Waals surface area contributed by atoms with Crippen molar-refractivity contribution in [3.05, 3.63) is 57.8 Å². The van der Waals surface area contributed by atoms with Gasteiger partial charge in [-0.15, -0.1) is 11.3 Å². The summed E-state index contributed by atoms with van der Waals surface area (Å²) in [4.78, 5) is 27.4. The Morgan fingerprint density at radius 2 is 1.93 bits per heavy atom. The summed E-state index contributed by atoms with van der Waals surface area (Å²) in [5, 5.41) is 7.59. The lowest BCUT2D eigenvalue weighted by atomic mass is 10.0. The van der Waals surface area contributed by atoms with Crippen molar-refractivity contribution < 1.29 is 14.3 Å². The van der Waals surface area contributed by atoms with E-state index in [1.807, 2.05) is 42.6 Å². The van der Waals surface area contributed by atoms with Crippen molar-refractivity contribution in [3.8, 4) is 0 Å². The molecule has 0 radical (unpaired) electrons. The first-order valence-corrected chi connectivity index (χ1v) is 9.97. The summed E-state index contributed by atoms with van der Waals surface area (Å²) in [6.45, 7) is 5.86. The first kappa shape index (κ1) is 19.5. The van der Waals surface area contributed by atoms with Crippen LogP contribution in [0, 0.1) is 6.92 Å². The Balaban J connectivity index is 1.60. The fourth-order valence-electron chi connectivity index (χ4n) is 2.98. The predicted octanol–water partition coefficient (Wildman–Crippen LogP) is 1.98. The quantitative estimate of drug-likeness (QED) is 0.762. The molecular formula is C20H25N3O3S. The minimum atomic E-state index is -0.222. The van der Waals surface area contributed by atoms with Crippen molar-refractivity contribution in [1.29, 1.82) is 0 Å². The molecule has 1 aromatic heterocycles. The first-order chi connectivity index (χ1) is 13.1. The van der Waals surface area contributed by atoms with Gasteiger partial charge in [-0.05, 0) is 23.9 Å². The molecule has 1 saturated heterocycles. The Hall–Kier alpha value is -2.22. The number of thiophene rings is 1. The van der Waals surface area contributed by atoms with Crippen molar-refractivity contribution in [2.45, 2.75) is 13.0 Å². The number of nitrogens with one attached hydrogen (secondary N) is 2. The van der Waals surface area contributed by atoms with Gasteiger partial charge in [0.2, 0.25) is 5.91 Å². The maximum atomic E-state index is 12.4. The second-order valence-corrected chi connectivity index (χ2v) is 7.55. The molecule has 1 aromatic carbocycles. The number of ether oxygens (including phenoxy) is 1. The highest BCUT2D eigenvalue weighted by Crippen LogP contribution is 2.16. The molecule has 1 atom stereocenters. The van der Waals surface area contributed by atoms with Gasteiger partial charge >= 0.3 is 0 Å². The molecular weight excluding hydrogens is 362 g/mol. The van der Waals surface area contributed by atoms with Crippen molar-refractivity contribution in [3.63, 3.8) is 0 Å². The van der Waals surface area contributed by atoms with Crippen LogP contribution in [0.1, 0.15) is 26.8 Å². The van der Waals surface area contributed by atoms with E-state index in [4.69, 9.17) is 4.74 Å². The van der Waals surface area contributed by atoms with Crippen molar-refractivity contribution in [2.24, 2.45) is 0 Å². The molecule has 0 bridgehead atoms. The molecule has 3 rings (SSSR count). The van der Waals surface area contributed by atoms with Crippen molar-refractivity contribution in [2.75, 3.05) is 39.4 Å². The molecule has 2 N–H and O–H groups in total. The fraction of sp³-hybridized carbons (Fsp3) is 0.400. The van der Waals surface area contributed by atoms with Crippen molar-refractivity contribution >= 4 is 23.2 Å². The zero-order chi connectivity index (χ0) is 19.1. The zero-order valence-corrected chi connectivity index (χ0v) is 16.3. The van der Waals surface area contributed by atoms with Gasteiger partial charge in [0.15, 0.2) is 0 Å². The molecule has 1 fully saturated rings. The SMILES string of the molecule is Cc1ccc([C@H](CN2CCOCC2)NC(=O)CNC(=O)c2cccs2)cc1. The first-order valence-electron chi connectivity index (χ1n) is 9.09. The highest BCUT2D eigenvalue weighted by Gasteiger charge is 2.20. The lowest BCUT2D eigenvalue weighted by Crippen LogP contribution is -2.45. The summed E-state index contributed by atoms with van der Waals surface area (Å²) < 4.78 is 5.41. The van der Waals surface area contributed by atoms with Crippen LogP contribution in [0.25, 0.3) is 0 Å². The van der Waals surface area contributed by atoms with Crippen LogP contribution in [0.15, 0.2) is 41.8 Å². The van der Waals surface area contributed by atoms with Crippen LogP contribution in [-0.2, 0) is 9.53 Å². The van der Waals surface area contributed by atoms with Gasteiger partial charge in [0, 0.05) is 19.6 Å². The van der Waals surface area contributed by atoms with E-state index in [1.165, 1.54) is 16.9 Å². The van der Waals surface area contributed by atoms with E-state index in [1.54, 1.807) is 6.07 Å². The minimum Gasteiger partial charge on any atom is -0.379 e. The van der Waals surface area contributed by atoms with Gasteiger partial charge in [-0.3, -0.25) is 14.5 Å². The Kier molecular flexibility index (Phi) is 6.98. The number of hydrogen-bond acceptors (Lipinski definition) is 5. The molecule has 2 amide bonds. The molecule has 1 aliphatic rings. The lowest BCUT2D eigenvalue weighted by molar-refractivity contribution is -0.121. The van der Waals surface area contributed by atoms with Crippen molar-refractivity contribution in [1.82, 2.24) is 15.5 Å². The molecule has 0 aliphatic carbocycles. The van der Waals surface area contributed by atoms with Crippen LogP contribution in [-0.4, -0.2) is 56.1 Å². The second-order valence-electron chi connectivity index (χ2n) is 6.60. The number of carbonyl (C=O) groups is 2. The number of morpholine rings is 1. The van der Waals surface area contributed by atoms with E-state index < -0.39 is 0 Å². The molecule has 0 spiro atoms. The van der Waals surface area contributed by atoms with Crippen LogP contribution in [0.5, 0.6) is 0 Å². The van der Waals surface area contributed by atoms with Crippen LogP contribution in [0.3, 0.4) is 0 Å². The monoisotopic (exact) mass is 387 g/mol. The number of nitrogens with zero attached hydrogens (tertiary/aromatic N) is 1. The standard InChI is InChI=1S/C20H25N3O3S/c1-15-4-6-16(7-5-15)17(14-23-8-10-26-11-9-23)22-19(24)13-21-20(25)18-3-2-12-27-18/h2-7,12,17H,8-11,13-14H2,1H3,(H,21,25)(H,22,24)/t17-/m0/s1. The van der Waals surface area contributed by atoms with Crippen LogP contribution in [0.2, 0.25) is 0 Å².